The highest BCUT2D eigenvalue weighted by molar-refractivity contribution is 9.11. The van der Waals surface area contributed by atoms with E-state index in [0.29, 0.717) is 23.6 Å². The van der Waals surface area contributed by atoms with Crippen LogP contribution in [0.2, 0.25) is 0 Å². The molecule has 0 bridgehead atoms. The minimum absolute atomic E-state index is 0.255. The maximum atomic E-state index is 13.1. The van der Waals surface area contributed by atoms with Crippen molar-refractivity contribution >= 4 is 38.9 Å². The molecule has 0 aliphatic heterocycles. The maximum Gasteiger partial charge on any atom is 0.256 e. The molecule has 0 aliphatic carbocycles. The molecule has 1 aromatic carbocycles. The van der Waals surface area contributed by atoms with Crippen LogP contribution in [0.3, 0.4) is 0 Å². The number of nitrogens with one attached hydrogen (secondary N) is 1. The van der Waals surface area contributed by atoms with Gasteiger partial charge in [0, 0.05) is 11.4 Å². The van der Waals surface area contributed by atoms with Gasteiger partial charge in [-0.05, 0) is 41.1 Å². The Labute approximate surface area is 122 Å². The lowest BCUT2D eigenvalue weighted by atomic mass is 10.2. The van der Waals surface area contributed by atoms with Gasteiger partial charge in [-0.2, -0.15) is 0 Å². The third-order valence-corrected chi connectivity index (χ3v) is 3.83. The summed E-state index contributed by atoms with van der Waals surface area (Å²) >= 11 is 4.72. The molecule has 0 unspecified atom stereocenters. The fourth-order valence-corrected chi connectivity index (χ4v) is 2.63. The van der Waals surface area contributed by atoms with Gasteiger partial charge in [-0.15, -0.1) is 11.3 Å². The maximum absolute atomic E-state index is 13.1. The Morgan fingerprint density at radius 1 is 1.47 bits per heavy atom. The van der Waals surface area contributed by atoms with Crippen LogP contribution in [0.15, 0.2) is 33.4 Å². The monoisotopic (exact) mass is 343 g/mol. The van der Waals surface area contributed by atoms with Gasteiger partial charge in [0.05, 0.1) is 21.6 Å². The average molecular weight is 344 g/mol. The summed E-state index contributed by atoms with van der Waals surface area (Å²) in [6, 6.07) is 5.74. The zero-order valence-corrected chi connectivity index (χ0v) is 12.5. The number of rotatable bonds is 4. The van der Waals surface area contributed by atoms with Crippen LogP contribution in [-0.4, -0.2) is 12.5 Å². The van der Waals surface area contributed by atoms with Crippen LogP contribution >= 0.6 is 27.3 Å². The van der Waals surface area contributed by atoms with Gasteiger partial charge >= 0.3 is 0 Å². The Balaban J connectivity index is 2.20. The molecule has 3 nitrogen and oxygen atoms in total. The summed E-state index contributed by atoms with van der Waals surface area (Å²) in [5, 5.41) is 4.45. The molecule has 0 aliphatic rings. The van der Waals surface area contributed by atoms with E-state index in [1.54, 1.807) is 18.4 Å². The smallest absolute Gasteiger partial charge is 0.256 e. The summed E-state index contributed by atoms with van der Waals surface area (Å²) in [4.78, 5) is 12.0. The lowest BCUT2D eigenvalue weighted by Crippen LogP contribution is -2.12. The number of ether oxygens (including phenoxy) is 1. The van der Waals surface area contributed by atoms with Crippen molar-refractivity contribution in [2.75, 3.05) is 11.9 Å². The first kappa shape index (κ1) is 14.0. The topological polar surface area (TPSA) is 38.3 Å². The van der Waals surface area contributed by atoms with E-state index in [2.05, 4.69) is 21.2 Å². The van der Waals surface area contributed by atoms with Crippen molar-refractivity contribution in [2.24, 2.45) is 0 Å². The number of hydrogen-bond acceptors (Lipinski definition) is 3. The van der Waals surface area contributed by atoms with E-state index in [9.17, 15) is 9.18 Å². The Bertz CT molecular complexity index is 600. The van der Waals surface area contributed by atoms with Gasteiger partial charge < -0.3 is 10.1 Å². The SMILES string of the molecule is CCOc1cc(F)ccc1NC(=O)c1csc(Br)c1. The van der Waals surface area contributed by atoms with Crippen molar-refractivity contribution in [1.29, 1.82) is 0 Å². The summed E-state index contributed by atoms with van der Waals surface area (Å²) in [6.07, 6.45) is 0. The van der Waals surface area contributed by atoms with E-state index in [1.165, 1.54) is 29.5 Å². The predicted molar refractivity (Wildman–Crippen MR) is 77.5 cm³/mol. The number of halogens is 2. The number of carbonyl (C=O) groups excluding carboxylic acids is 1. The van der Waals surface area contributed by atoms with Gasteiger partial charge in [0.1, 0.15) is 11.6 Å². The molecule has 1 aromatic heterocycles. The van der Waals surface area contributed by atoms with E-state index >= 15 is 0 Å². The molecule has 1 amide bonds. The van der Waals surface area contributed by atoms with E-state index in [4.69, 9.17) is 4.74 Å². The molecule has 1 heterocycles. The molecule has 0 saturated carbocycles. The van der Waals surface area contributed by atoms with E-state index < -0.39 is 5.82 Å². The molecule has 19 heavy (non-hydrogen) atoms. The van der Waals surface area contributed by atoms with Crippen molar-refractivity contribution in [3.63, 3.8) is 0 Å². The van der Waals surface area contributed by atoms with Gasteiger partial charge in [-0.3, -0.25) is 4.79 Å². The summed E-state index contributed by atoms with van der Waals surface area (Å²) < 4.78 is 19.3. The van der Waals surface area contributed by atoms with E-state index in [1.807, 2.05) is 0 Å². The number of thiophene rings is 1. The van der Waals surface area contributed by atoms with E-state index in [0.717, 1.165) is 3.79 Å². The summed E-state index contributed by atoms with van der Waals surface area (Å²) in [6.45, 7) is 2.20. The van der Waals surface area contributed by atoms with Crippen LogP contribution in [0.25, 0.3) is 0 Å². The third kappa shape index (κ3) is 3.54. The summed E-state index contributed by atoms with van der Waals surface area (Å²) in [5.74, 6) is -0.334. The van der Waals surface area contributed by atoms with Crippen molar-refractivity contribution < 1.29 is 13.9 Å². The van der Waals surface area contributed by atoms with Crippen molar-refractivity contribution in [3.8, 4) is 5.75 Å². The van der Waals surface area contributed by atoms with Crippen LogP contribution in [0.1, 0.15) is 17.3 Å². The number of amides is 1. The van der Waals surface area contributed by atoms with Crippen molar-refractivity contribution in [3.05, 3.63) is 44.8 Å². The van der Waals surface area contributed by atoms with Gasteiger partial charge in [0.25, 0.3) is 5.91 Å². The zero-order chi connectivity index (χ0) is 13.8. The predicted octanol–water partition coefficient (Wildman–Crippen LogP) is 4.30. The minimum atomic E-state index is -0.403. The third-order valence-electron chi connectivity index (χ3n) is 2.32. The van der Waals surface area contributed by atoms with Gasteiger partial charge in [-0.1, -0.05) is 0 Å². The molecular formula is C13H11BrFNO2S. The molecule has 2 rings (SSSR count). The van der Waals surface area contributed by atoms with Crippen LogP contribution in [0.5, 0.6) is 5.75 Å². The summed E-state index contributed by atoms with van der Waals surface area (Å²) in [7, 11) is 0. The molecule has 0 fully saturated rings. The number of anilines is 1. The second kappa shape index (κ2) is 6.16. The molecular weight excluding hydrogens is 333 g/mol. The van der Waals surface area contributed by atoms with Crippen molar-refractivity contribution in [2.45, 2.75) is 6.92 Å². The largest absolute Gasteiger partial charge is 0.492 e. The highest BCUT2D eigenvalue weighted by atomic mass is 79.9. The number of carbonyl (C=O) groups is 1. The molecule has 1 N–H and O–H groups in total. The van der Waals surface area contributed by atoms with Crippen LogP contribution in [0, 0.1) is 5.82 Å². The first-order valence-electron chi connectivity index (χ1n) is 5.58. The lowest BCUT2D eigenvalue weighted by molar-refractivity contribution is 0.102. The van der Waals surface area contributed by atoms with Gasteiger partial charge in [-0.25, -0.2) is 4.39 Å². The summed E-state index contributed by atoms with van der Waals surface area (Å²) in [5.41, 5.74) is 0.999. The first-order chi connectivity index (χ1) is 9.10. The number of hydrogen-bond donors (Lipinski definition) is 1. The molecule has 0 spiro atoms. The fourth-order valence-electron chi connectivity index (χ4n) is 1.50. The highest BCUT2D eigenvalue weighted by Gasteiger charge is 2.12. The van der Waals surface area contributed by atoms with Crippen LogP contribution < -0.4 is 10.1 Å². The molecule has 0 saturated heterocycles. The second-order valence-electron chi connectivity index (χ2n) is 3.67. The molecule has 6 heteroatoms. The molecule has 0 atom stereocenters. The Morgan fingerprint density at radius 3 is 2.89 bits per heavy atom. The quantitative estimate of drug-likeness (QED) is 0.898. The zero-order valence-electron chi connectivity index (χ0n) is 10.1. The van der Waals surface area contributed by atoms with Crippen molar-refractivity contribution in [1.82, 2.24) is 0 Å². The highest BCUT2D eigenvalue weighted by Crippen LogP contribution is 2.27. The van der Waals surface area contributed by atoms with Gasteiger partial charge in [0.2, 0.25) is 0 Å². The van der Waals surface area contributed by atoms with Crippen LogP contribution in [-0.2, 0) is 0 Å². The number of benzene rings is 1. The molecule has 0 radical (unpaired) electrons. The lowest BCUT2D eigenvalue weighted by Gasteiger charge is -2.11. The van der Waals surface area contributed by atoms with E-state index in [-0.39, 0.29) is 5.91 Å². The first-order valence-corrected chi connectivity index (χ1v) is 7.25. The minimum Gasteiger partial charge on any atom is -0.492 e. The second-order valence-corrected chi connectivity index (χ2v) is 5.96. The molecule has 100 valence electrons. The Hall–Kier alpha value is -1.40. The Morgan fingerprint density at radius 2 is 2.26 bits per heavy atom. The fraction of sp³-hybridized carbons (Fsp3) is 0.154. The van der Waals surface area contributed by atoms with Gasteiger partial charge in [0.15, 0.2) is 0 Å². The average Bonchev–Trinajstić information content (AvgIpc) is 2.80. The normalized spacial score (nSPS) is 10.3. The molecule has 2 aromatic rings. The van der Waals surface area contributed by atoms with Crippen LogP contribution in [0.4, 0.5) is 10.1 Å². The Kier molecular flexibility index (Phi) is 4.55. The standard InChI is InChI=1S/C13H11BrFNO2S/c1-2-18-11-6-9(15)3-4-10(11)16-13(17)8-5-12(14)19-7-8/h3-7H,2H2,1H3,(H,16,17).